The van der Waals surface area contributed by atoms with E-state index in [1.165, 1.54) is 0 Å². The second-order valence-electron chi connectivity index (χ2n) is 7.09. The molecule has 0 amide bonds. The van der Waals surface area contributed by atoms with Crippen molar-refractivity contribution in [3.05, 3.63) is 76.6 Å². The molecule has 0 spiro atoms. The molecule has 29 heavy (non-hydrogen) atoms. The van der Waals surface area contributed by atoms with E-state index in [0.29, 0.717) is 35.0 Å². The summed E-state index contributed by atoms with van der Waals surface area (Å²) in [5, 5.41) is 5.17. The van der Waals surface area contributed by atoms with E-state index < -0.39 is 0 Å². The van der Waals surface area contributed by atoms with Crippen molar-refractivity contribution in [2.24, 2.45) is 0 Å². The fourth-order valence-corrected chi connectivity index (χ4v) is 3.94. The Morgan fingerprint density at radius 3 is 2.69 bits per heavy atom. The molecule has 0 bridgehead atoms. The first kappa shape index (κ1) is 17.8. The van der Waals surface area contributed by atoms with Crippen LogP contribution in [-0.2, 0) is 6.42 Å². The van der Waals surface area contributed by atoms with E-state index in [-0.39, 0.29) is 11.7 Å². The largest absolute Gasteiger partial charge is 0.497 e. The molecule has 6 nitrogen and oxygen atoms in total. The van der Waals surface area contributed by atoms with Crippen LogP contribution >= 0.6 is 11.6 Å². The quantitative estimate of drug-likeness (QED) is 0.507. The number of carbonyl (C=O) groups is 1. The van der Waals surface area contributed by atoms with Crippen LogP contribution in [0.2, 0.25) is 5.02 Å². The number of benzene rings is 2. The van der Waals surface area contributed by atoms with Crippen molar-refractivity contribution in [3.8, 4) is 17.1 Å². The molecule has 1 aliphatic carbocycles. The minimum atomic E-state index is 0.0622. The van der Waals surface area contributed by atoms with Crippen molar-refractivity contribution in [1.29, 1.82) is 0 Å². The lowest BCUT2D eigenvalue weighted by atomic mass is 9.82. The first-order chi connectivity index (χ1) is 14.1. The fourth-order valence-electron chi connectivity index (χ4n) is 3.74. The molecule has 7 heteroatoms. The molecule has 0 saturated carbocycles. The van der Waals surface area contributed by atoms with Crippen LogP contribution in [-0.4, -0.2) is 32.5 Å². The summed E-state index contributed by atoms with van der Waals surface area (Å²) in [6.45, 7) is 0. The number of ketones is 1. The molecule has 5 rings (SSSR count). The van der Waals surface area contributed by atoms with E-state index in [0.717, 1.165) is 22.6 Å². The first-order valence-corrected chi connectivity index (χ1v) is 9.68. The Morgan fingerprint density at radius 1 is 1.10 bits per heavy atom. The van der Waals surface area contributed by atoms with Gasteiger partial charge in [-0.1, -0.05) is 23.7 Å². The minimum Gasteiger partial charge on any atom is -0.497 e. The third-order valence-electron chi connectivity index (χ3n) is 5.25. The maximum Gasteiger partial charge on any atom is 0.252 e. The molecule has 0 saturated heterocycles. The summed E-state index contributed by atoms with van der Waals surface area (Å²) in [4.78, 5) is 22.0. The molecule has 0 radical (unpaired) electrons. The molecule has 0 N–H and O–H groups in total. The monoisotopic (exact) mass is 404 g/mol. The van der Waals surface area contributed by atoms with Gasteiger partial charge in [-0.2, -0.15) is 4.98 Å². The van der Waals surface area contributed by atoms with Crippen LogP contribution in [0.5, 0.6) is 5.75 Å². The average molecular weight is 405 g/mol. The van der Waals surface area contributed by atoms with Gasteiger partial charge in [0, 0.05) is 23.2 Å². The second-order valence-corrected chi connectivity index (χ2v) is 7.53. The van der Waals surface area contributed by atoms with Crippen molar-refractivity contribution in [1.82, 2.24) is 19.6 Å². The van der Waals surface area contributed by atoms with Crippen LogP contribution in [0.25, 0.3) is 17.2 Å². The van der Waals surface area contributed by atoms with Gasteiger partial charge in [0.1, 0.15) is 5.75 Å². The smallest absolute Gasteiger partial charge is 0.252 e. The molecule has 0 unspecified atom stereocenters. The van der Waals surface area contributed by atoms with Gasteiger partial charge in [-0.25, -0.2) is 9.50 Å². The highest BCUT2D eigenvalue weighted by Gasteiger charge is 2.28. The van der Waals surface area contributed by atoms with Crippen LogP contribution in [0, 0.1) is 0 Å². The Balaban J connectivity index is 1.52. The van der Waals surface area contributed by atoms with E-state index in [9.17, 15) is 4.79 Å². The second kappa shape index (κ2) is 6.97. The summed E-state index contributed by atoms with van der Waals surface area (Å²) < 4.78 is 6.77. The Morgan fingerprint density at radius 2 is 1.93 bits per heavy atom. The van der Waals surface area contributed by atoms with Crippen LogP contribution in [0.3, 0.4) is 0 Å². The van der Waals surface area contributed by atoms with Crippen LogP contribution < -0.4 is 4.74 Å². The predicted octanol–water partition coefficient (Wildman–Crippen LogP) is 4.37. The van der Waals surface area contributed by atoms with E-state index in [1.807, 2.05) is 48.5 Å². The van der Waals surface area contributed by atoms with E-state index in [4.69, 9.17) is 16.3 Å². The summed E-state index contributed by atoms with van der Waals surface area (Å²) in [5.41, 5.74) is 3.28. The van der Waals surface area contributed by atoms with Gasteiger partial charge in [0.15, 0.2) is 11.6 Å². The topological polar surface area (TPSA) is 69.4 Å². The van der Waals surface area contributed by atoms with Gasteiger partial charge in [0.25, 0.3) is 5.78 Å². The number of ether oxygens (including phenoxy) is 1. The van der Waals surface area contributed by atoms with E-state index in [2.05, 4.69) is 15.1 Å². The number of hydrogen-bond donors (Lipinski definition) is 0. The van der Waals surface area contributed by atoms with Gasteiger partial charge < -0.3 is 4.74 Å². The summed E-state index contributed by atoms with van der Waals surface area (Å²) >= 11 is 6.13. The molecule has 0 fully saturated rings. The SMILES string of the molecule is COc1ccc(-c2nc3nc4c(cn3n2)C(=O)C[C@@H](c2cccc(Cl)c2)C4)cc1. The number of carbonyl (C=O) groups excluding carboxylic acids is 1. The third kappa shape index (κ3) is 3.25. The Labute approximate surface area is 172 Å². The van der Waals surface area contributed by atoms with Gasteiger partial charge in [0.2, 0.25) is 0 Å². The fraction of sp³-hybridized carbons (Fsp3) is 0.182. The lowest BCUT2D eigenvalue weighted by molar-refractivity contribution is 0.0962. The molecule has 2 aromatic heterocycles. The Bertz CT molecular complexity index is 1230. The number of nitrogens with zero attached hydrogens (tertiary/aromatic N) is 4. The molecule has 0 aliphatic heterocycles. The molecule has 1 atom stereocenters. The van der Waals surface area contributed by atoms with Gasteiger partial charge in [-0.15, -0.1) is 5.10 Å². The molecule has 4 aromatic rings. The van der Waals surface area contributed by atoms with Crippen molar-refractivity contribution >= 4 is 23.2 Å². The number of Topliss-reactive ketones (excluding diaryl/α,β-unsaturated/α-hetero) is 1. The highest BCUT2D eigenvalue weighted by molar-refractivity contribution is 6.30. The minimum absolute atomic E-state index is 0.0622. The number of aromatic nitrogens is 4. The average Bonchev–Trinajstić information content (AvgIpc) is 3.15. The number of rotatable bonds is 3. The lowest BCUT2D eigenvalue weighted by Crippen LogP contribution is -2.21. The number of halogens is 1. The maximum absolute atomic E-state index is 12.8. The molecule has 1 aliphatic rings. The van der Waals surface area contributed by atoms with Crippen molar-refractivity contribution in [3.63, 3.8) is 0 Å². The van der Waals surface area contributed by atoms with Crippen molar-refractivity contribution < 1.29 is 9.53 Å². The molecule has 2 heterocycles. The number of fused-ring (bicyclic) bond motifs is 2. The zero-order valence-corrected chi connectivity index (χ0v) is 16.4. The molecule has 2 aromatic carbocycles. The summed E-state index contributed by atoms with van der Waals surface area (Å²) in [5.74, 6) is 1.93. The van der Waals surface area contributed by atoms with Crippen molar-refractivity contribution in [2.45, 2.75) is 18.8 Å². The number of hydrogen-bond acceptors (Lipinski definition) is 5. The summed E-state index contributed by atoms with van der Waals surface area (Å²) in [6, 6.07) is 15.2. The maximum atomic E-state index is 12.8. The first-order valence-electron chi connectivity index (χ1n) is 9.30. The zero-order valence-electron chi connectivity index (χ0n) is 15.7. The van der Waals surface area contributed by atoms with Crippen LogP contribution in [0.4, 0.5) is 0 Å². The van der Waals surface area contributed by atoms with E-state index in [1.54, 1.807) is 17.8 Å². The van der Waals surface area contributed by atoms with Crippen molar-refractivity contribution in [2.75, 3.05) is 7.11 Å². The van der Waals surface area contributed by atoms with Crippen LogP contribution in [0.15, 0.2) is 54.7 Å². The van der Waals surface area contributed by atoms with Gasteiger partial charge >= 0.3 is 0 Å². The molecular formula is C22H17ClN4O2. The number of methoxy groups -OCH3 is 1. The highest BCUT2D eigenvalue weighted by Crippen LogP contribution is 2.33. The van der Waals surface area contributed by atoms with Gasteiger partial charge in [-0.3, -0.25) is 4.79 Å². The standard InChI is InChI=1S/C22H17ClN4O2/c1-29-17-7-5-13(6-8-17)21-25-22-24-19-10-15(14-3-2-4-16(23)9-14)11-20(28)18(19)12-27(22)26-21/h2-9,12,15H,10-11H2,1H3/t15-/m0/s1. The third-order valence-corrected chi connectivity index (χ3v) is 5.49. The molecule has 144 valence electrons. The summed E-state index contributed by atoms with van der Waals surface area (Å²) in [7, 11) is 1.63. The molecular weight excluding hydrogens is 388 g/mol. The Kier molecular flexibility index (Phi) is 4.28. The summed E-state index contributed by atoms with van der Waals surface area (Å²) in [6.07, 6.45) is 2.84. The van der Waals surface area contributed by atoms with Crippen LogP contribution in [0.1, 0.15) is 34.0 Å². The predicted molar refractivity (Wildman–Crippen MR) is 110 cm³/mol. The highest BCUT2D eigenvalue weighted by atomic mass is 35.5. The Hall–Kier alpha value is -3.25. The van der Waals surface area contributed by atoms with Gasteiger partial charge in [-0.05, 0) is 54.3 Å². The lowest BCUT2D eigenvalue weighted by Gasteiger charge is -2.23. The van der Waals surface area contributed by atoms with Gasteiger partial charge in [0.05, 0.1) is 18.4 Å². The normalized spacial score (nSPS) is 16.1. The van der Waals surface area contributed by atoms with E-state index >= 15 is 0 Å². The zero-order chi connectivity index (χ0) is 20.0.